The summed E-state index contributed by atoms with van der Waals surface area (Å²) >= 11 is 0. The zero-order valence-electron chi connectivity index (χ0n) is 13.5. The second-order valence-electron chi connectivity index (χ2n) is 5.56. The molecule has 0 aliphatic rings. The first-order valence-electron chi connectivity index (χ1n) is 7.88. The number of hydrogen-bond acceptors (Lipinski definition) is 3. The van der Waals surface area contributed by atoms with Gasteiger partial charge in [0.2, 0.25) is 0 Å². The van der Waals surface area contributed by atoms with Gasteiger partial charge in [-0.2, -0.15) is 0 Å². The molecule has 4 heteroatoms. The molecule has 122 valence electrons. The van der Waals surface area contributed by atoms with E-state index in [9.17, 15) is 4.79 Å². The molecule has 0 radical (unpaired) electrons. The van der Waals surface area contributed by atoms with E-state index >= 15 is 0 Å². The highest BCUT2D eigenvalue weighted by Gasteiger charge is 2.19. The molecule has 0 saturated carbocycles. The van der Waals surface area contributed by atoms with Crippen LogP contribution < -0.4 is 5.73 Å². The van der Waals surface area contributed by atoms with E-state index in [1.54, 1.807) is 11.9 Å². The van der Waals surface area contributed by atoms with Crippen LogP contribution in [0.15, 0.2) is 60.7 Å². The van der Waals surface area contributed by atoms with Gasteiger partial charge < -0.3 is 15.4 Å². The Hall–Kier alpha value is -2.33. The highest BCUT2D eigenvalue weighted by Crippen LogP contribution is 2.10. The van der Waals surface area contributed by atoms with Crippen LogP contribution in [-0.4, -0.2) is 30.6 Å². The second kappa shape index (κ2) is 8.96. The lowest BCUT2D eigenvalue weighted by atomic mass is 10.0. The van der Waals surface area contributed by atoms with E-state index < -0.39 is 0 Å². The van der Waals surface area contributed by atoms with Gasteiger partial charge in [0.05, 0.1) is 0 Å². The molecular formula is C19H24N2O2. The highest BCUT2D eigenvalue weighted by atomic mass is 16.6. The van der Waals surface area contributed by atoms with Gasteiger partial charge in [-0.15, -0.1) is 0 Å². The number of benzene rings is 2. The van der Waals surface area contributed by atoms with Gasteiger partial charge in [-0.1, -0.05) is 60.7 Å². The van der Waals surface area contributed by atoms with Crippen molar-refractivity contribution in [2.45, 2.75) is 25.5 Å². The molecule has 0 aliphatic carbocycles. The molecule has 2 aromatic carbocycles. The van der Waals surface area contributed by atoms with E-state index in [4.69, 9.17) is 10.5 Å². The summed E-state index contributed by atoms with van der Waals surface area (Å²) in [6, 6.07) is 19.8. The van der Waals surface area contributed by atoms with Gasteiger partial charge >= 0.3 is 6.09 Å². The Bertz CT molecular complexity index is 587. The maximum atomic E-state index is 12.2. The van der Waals surface area contributed by atoms with Crippen molar-refractivity contribution in [3.05, 3.63) is 71.8 Å². The van der Waals surface area contributed by atoms with Gasteiger partial charge in [0, 0.05) is 19.6 Å². The van der Waals surface area contributed by atoms with E-state index in [0.717, 1.165) is 18.4 Å². The molecule has 0 aromatic heterocycles. The van der Waals surface area contributed by atoms with Crippen molar-refractivity contribution in [3.8, 4) is 0 Å². The van der Waals surface area contributed by atoms with Gasteiger partial charge in [-0.3, -0.25) is 0 Å². The number of carbonyl (C=O) groups excluding carboxylic acids is 1. The summed E-state index contributed by atoms with van der Waals surface area (Å²) in [5.74, 6) is 0. The fourth-order valence-corrected chi connectivity index (χ4v) is 2.42. The fraction of sp³-hybridized carbons (Fsp3) is 0.316. The third-order valence-corrected chi connectivity index (χ3v) is 3.92. The normalized spacial score (nSPS) is 11.7. The van der Waals surface area contributed by atoms with Crippen LogP contribution in [0.4, 0.5) is 4.79 Å². The van der Waals surface area contributed by atoms with Crippen LogP contribution in [0.3, 0.4) is 0 Å². The standard InChI is InChI=1S/C19H24N2O2/c1-21(19(22)23-15-17-10-6-3-7-11-17)18(14-20)13-12-16-8-4-2-5-9-16/h2-11,18H,12-15,20H2,1H3. The molecular weight excluding hydrogens is 288 g/mol. The smallest absolute Gasteiger partial charge is 0.410 e. The van der Waals surface area contributed by atoms with Crippen LogP contribution in [0, 0.1) is 0 Å². The van der Waals surface area contributed by atoms with Crippen molar-refractivity contribution in [2.24, 2.45) is 5.73 Å². The summed E-state index contributed by atoms with van der Waals surface area (Å²) in [7, 11) is 1.75. The van der Waals surface area contributed by atoms with Crippen LogP contribution in [0.25, 0.3) is 0 Å². The van der Waals surface area contributed by atoms with Gasteiger partial charge in [-0.25, -0.2) is 4.79 Å². The molecule has 0 spiro atoms. The van der Waals surface area contributed by atoms with E-state index in [-0.39, 0.29) is 18.7 Å². The predicted octanol–water partition coefficient (Wildman–Crippen LogP) is 3.22. The quantitative estimate of drug-likeness (QED) is 0.854. The molecule has 2 aromatic rings. The minimum atomic E-state index is -0.336. The molecule has 1 amide bonds. The van der Waals surface area contributed by atoms with Gasteiger partial charge in [0.1, 0.15) is 6.61 Å². The zero-order valence-corrected chi connectivity index (χ0v) is 13.5. The maximum Gasteiger partial charge on any atom is 0.410 e. The van der Waals surface area contributed by atoms with Crippen LogP contribution in [0.5, 0.6) is 0 Å². The van der Waals surface area contributed by atoms with E-state index in [2.05, 4.69) is 12.1 Å². The van der Waals surface area contributed by atoms with Crippen LogP contribution >= 0.6 is 0 Å². The predicted molar refractivity (Wildman–Crippen MR) is 92.0 cm³/mol. The van der Waals surface area contributed by atoms with Crippen molar-refractivity contribution in [1.82, 2.24) is 4.90 Å². The Morgan fingerprint density at radius 3 is 2.17 bits per heavy atom. The molecule has 1 atom stereocenters. The Balaban J connectivity index is 1.83. The summed E-state index contributed by atoms with van der Waals surface area (Å²) in [6.45, 7) is 0.698. The zero-order chi connectivity index (χ0) is 16.5. The number of rotatable bonds is 7. The third kappa shape index (κ3) is 5.42. The SMILES string of the molecule is CN(C(=O)OCc1ccccc1)C(CN)CCc1ccccc1. The molecule has 23 heavy (non-hydrogen) atoms. The van der Waals surface area contributed by atoms with E-state index in [1.807, 2.05) is 48.5 Å². The molecule has 0 aliphatic heterocycles. The number of nitrogens with two attached hydrogens (primary N) is 1. The molecule has 1 unspecified atom stereocenters. The monoisotopic (exact) mass is 312 g/mol. The highest BCUT2D eigenvalue weighted by molar-refractivity contribution is 5.67. The number of aryl methyl sites for hydroxylation is 1. The van der Waals surface area contributed by atoms with Gasteiger partial charge in [-0.05, 0) is 24.0 Å². The largest absolute Gasteiger partial charge is 0.445 e. The summed E-state index contributed by atoms with van der Waals surface area (Å²) in [5.41, 5.74) is 8.06. The molecule has 0 heterocycles. The average Bonchev–Trinajstić information content (AvgIpc) is 2.61. The maximum absolute atomic E-state index is 12.2. The summed E-state index contributed by atoms with van der Waals surface area (Å²) < 4.78 is 5.36. The third-order valence-electron chi connectivity index (χ3n) is 3.92. The van der Waals surface area contributed by atoms with Crippen LogP contribution in [0.1, 0.15) is 17.5 Å². The lowest BCUT2D eigenvalue weighted by Gasteiger charge is -2.26. The summed E-state index contributed by atoms with van der Waals surface area (Å²) in [4.78, 5) is 13.8. The number of ether oxygens (including phenoxy) is 1. The lowest BCUT2D eigenvalue weighted by Crippen LogP contribution is -2.42. The van der Waals surface area contributed by atoms with Crippen molar-refractivity contribution in [3.63, 3.8) is 0 Å². The second-order valence-corrected chi connectivity index (χ2v) is 5.56. The van der Waals surface area contributed by atoms with Crippen molar-refractivity contribution < 1.29 is 9.53 Å². The van der Waals surface area contributed by atoms with Crippen molar-refractivity contribution >= 4 is 6.09 Å². The molecule has 0 saturated heterocycles. The van der Waals surface area contributed by atoms with Crippen LogP contribution in [-0.2, 0) is 17.8 Å². The Labute approximate surface area is 137 Å². The Morgan fingerprint density at radius 2 is 1.61 bits per heavy atom. The number of carbonyl (C=O) groups is 1. The lowest BCUT2D eigenvalue weighted by molar-refractivity contribution is 0.0905. The first kappa shape index (κ1) is 17.0. The van der Waals surface area contributed by atoms with Crippen molar-refractivity contribution in [1.29, 1.82) is 0 Å². The number of hydrogen-bond donors (Lipinski definition) is 1. The molecule has 2 rings (SSSR count). The molecule has 0 fully saturated rings. The molecule has 4 nitrogen and oxygen atoms in total. The van der Waals surface area contributed by atoms with E-state index in [0.29, 0.717) is 6.54 Å². The average molecular weight is 312 g/mol. The first-order chi connectivity index (χ1) is 11.2. The van der Waals surface area contributed by atoms with Gasteiger partial charge in [0.15, 0.2) is 0 Å². The van der Waals surface area contributed by atoms with E-state index in [1.165, 1.54) is 5.56 Å². The minimum Gasteiger partial charge on any atom is -0.445 e. The summed E-state index contributed by atoms with van der Waals surface area (Å²) in [6.07, 6.45) is 1.37. The molecule has 0 bridgehead atoms. The fourth-order valence-electron chi connectivity index (χ4n) is 2.42. The molecule has 2 N–H and O–H groups in total. The number of likely N-dealkylation sites (N-methyl/N-ethyl adjacent to an activating group) is 1. The number of nitrogens with zero attached hydrogens (tertiary/aromatic N) is 1. The van der Waals surface area contributed by atoms with Crippen LogP contribution in [0.2, 0.25) is 0 Å². The topological polar surface area (TPSA) is 55.6 Å². The first-order valence-corrected chi connectivity index (χ1v) is 7.88. The Morgan fingerprint density at radius 1 is 1.04 bits per heavy atom. The Kier molecular flexibility index (Phi) is 6.63. The van der Waals surface area contributed by atoms with Crippen molar-refractivity contribution in [2.75, 3.05) is 13.6 Å². The summed E-state index contributed by atoms with van der Waals surface area (Å²) in [5, 5.41) is 0. The number of amides is 1. The minimum absolute atomic E-state index is 0.0292. The van der Waals surface area contributed by atoms with Gasteiger partial charge in [0.25, 0.3) is 0 Å².